The Bertz CT molecular complexity index is 1310. The molecule has 2 N–H and O–H groups in total. The van der Waals surface area contributed by atoms with Crippen molar-refractivity contribution >= 4 is 30.5 Å². The second-order valence-corrected chi connectivity index (χ2v) is 10.1. The summed E-state index contributed by atoms with van der Waals surface area (Å²) in [4.78, 5) is 25.4. The summed E-state index contributed by atoms with van der Waals surface area (Å²) in [6.07, 6.45) is 2.84. The Balaban J connectivity index is 1.59. The van der Waals surface area contributed by atoms with Crippen molar-refractivity contribution in [3.05, 3.63) is 61.2 Å². The molecule has 2 aromatic heterocycles. The molecule has 0 bridgehead atoms. The van der Waals surface area contributed by atoms with Crippen LogP contribution in [0, 0.1) is 11.3 Å². The standard InChI is InChI=1S/C23H25N6O6P/c1-2-10-33-36(32,34-11-6-9-24)18-12-19(35-17(18)13-30)29-15-27-20-21(25-14-26-22(20)29)28-23(31)16-7-4-3-5-8-16/h2-5,7-8,14-15,17-19,30H,1,6,10-13H2,(H,25,26,28,31)/t17?,18-,19?,36?/m0/s1. The zero-order valence-electron chi connectivity index (χ0n) is 19.3. The second-order valence-electron chi connectivity index (χ2n) is 7.85. The smallest absolute Gasteiger partial charge is 0.336 e. The molecule has 4 atom stereocenters. The molecule has 1 saturated heterocycles. The molecule has 188 valence electrons. The molecule has 1 aliphatic heterocycles. The first-order chi connectivity index (χ1) is 17.5. The lowest BCUT2D eigenvalue weighted by Crippen LogP contribution is -2.27. The summed E-state index contributed by atoms with van der Waals surface area (Å²) in [7, 11) is -3.78. The van der Waals surface area contributed by atoms with Gasteiger partial charge < -0.3 is 24.2 Å². The third kappa shape index (κ3) is 5.36. The SMILES string of the molecule is C=CCOP(=O)(OCCC#N)[C@H]1CC(n2cnc3c(NC(=O)c4ccccc4)ncnc32)OC1CO. The fourth-order valence-corrected chi connectivity index (χ4v) is 6.04. The fourth-order valence-electron chi connectivity index (χ4n) is 3.91. The number of nitriles is 1. The largest absolute Gasteiger partial charge is 0.394 e. The predicted octanol–water partition coefficient (Wildman–Crippen LogP) is 3.05. The monoisotopic (exact) mass is 512 g/mol. The Morgan fingerprint density at radius 1 is 1.33 bits per heavy atom. The molecular weight excluding hydrogens is 487 g/mol. The van der Waals surface area contributed by atoms with Crippen LogP contribution in [-0.2, 0) is 18.3 Å². The van der Waals surface area contributed by atoms with Crippen LogP contribution in [0.3, 0.4) is 0 Å². The minimum atomic E-state index is -3.78. The van der Waals surface area contributed by atoms with Gasteiger partial charge in [0.05, 0.1) is 50.4 Å². The van der Waals surface area contributed by atoms with Gasteiger partial charge in [0.1, 0.15) is 12.6 Å². The molecular formula is C23H25N6O6P. The van der Waals surface area contributed by atoms with Gasteiger partial charge in [0.2, 0.25) is 0 Å². The topological polar surface area (TPSA) is 161 Å². The number of aromatic nitrogens is 4. The van der Waals surface area contributed by atoms with E-state index in [1.807, 2.05) is 12.1 Å². The minimum Gasteiger partial charge on any atom is -0.394 e. The van der Waals surface area contributed by atoms with Crippen molar-refractivity contribution < 1.29 is 28.3 Å². The van der Waals surface area contributed by atoms with E-state index in [1.165, 1.54) is 18.7 Å². The number of ether oxygens (including phenoxy) is 1. The van der Waals surface area contributed by atoms with E-state index in [2.05, 4.69) is 26.8 Å². The zero-order valence-corrected chi connectivity index (χ0v) is 20.2. The number of rotatable bonds is 11. The molecule has 1 aliphatic rings. The van der Waals surface area contributed by atoms with Crippen molar-refractivity contribution in [1.29, 1.82) is 5.26 Å². The van der Waals surface area contributed by atoms with Crippen molar-refractivity contribution in [2.45, 2.75) is 30.8 Å². The molecule has 3 heterocycles. The van der Waals surface area contributed by atoms with Crippen molar-refractivity contribution in [2.24, 2.45) is 0 Å². The normalized spacial score (nSPS) is 21.1. The van der Waals surface area contributed by atoms with Gasteiger partial charge in [0.25, 0.3) is 5.91 Å². The average molecular weight is 512 g/mol. The highest BCUT2D eigenvalue weighted by Crippen LogP contribution is 2.59. The molecule has 13 heteroatoms. The van der Waals surface area contributed by atoms with E-state index >= 15 is 0 Å². The number of carbonyl (C=O) groups is 1. The summed E-state index contributed by atoms with van der Waals surface area (Å²) in [6.45, 7) is 3.03. The van der Waals surface area contributed by atoms with Crippen LogP contribution in [0.5, 0.6) is 0 Å². The number of carbonyl (C=O) groups excluding carboxylic acids is 1. The number of hydrogen-bond acceptors (Lipinski definition) is 10. The number of nitrogens with one attached hydrogen (secondary N) is 1. The highest BCUT2D eigenvalue weighted by Gasteiger charge is 2.49. The molecule has 12 nitrogen and oxygen atoms in total. The number of hydrogen-bond donors (Lipinski definition) is 2. The molecule has 0 aliphatic carbocycles. The van der Waals surface area contributed by atoms with Gasteiger partial charge in [0, 0.05) is 12.0 Å². The van der Waals surface area contributed by atoms with Crippen molar-refractivity contribution in [3.8, 4) is 6.07 Å². The first-order valence-corrected chi connectivity index (χ1v) is 12.8. The molecule has 1 aromatic carbocycles. The van der Waals surface area contributed by atoms with Crippen LogP contribution in [0.1, 0.15) is 29.4 Å². The van der Waals surface area contributed by atoms with Gasteiger partial charge in [-0.1, -0.05) is 24.3 Å². The Hall–Kier alpha value is -3.46. The lowest BCUT2D eigenvalue weighted by molar-refractivity contribution is -0.0214. The third-order valence-electron chi connectivity index (χ3n) is 5.58. The number of benzene rings is 1. The number of amides is 1. The molecule has 36 heavy (non-hydrogen) atoms. The first kappa shape index (κ1) is 25.6. The summed E-state index contributed by atoms with van der Waals surface area (Å²) >= 11 is 0. The Morgan fingerprint density at radius 3 is 2.86 bits per heavy atom. The van der Waals surface area contributed by atoms with Gasteiger partial charge in [-0.15, -0.1) is 6.58 Å². The Morgan fingerprint density at radius 2 is 2.14 bits per heavy atom. The summed E-state index contributed by atoms with van der Waals surface area (Å²) in [5.74, 6) is -0.127. The number of imidazole rings is 1. The summed E-state index contributed by atoms with van der Waals surface area (Å²) in [5, 5.41) is 21.5. The number of fused-ring (bicyclic) bond motifs is 1. The van der Waals surface area contributed by atoms with Crippen LogP contribution < -0.4 is 5.32 Å². The van der Waals surface area contributed by atoms with Gasteiger partial charge in [0.15, 0.2) is 17.0 Å². The molecule has 1 amide bonds. The number of aliphatic hydroxyl groups is 1. The molecule has 3 aromatic rings. The van der Waals surface area contributed by atoms with Crippen LogP contribution >= 0.6 is 7.60 Å². The van der Waals surface area contributed by atoms with E-state index in [9.17, 15) is 14.5 Å². The zero-order chi connectivity index (χ0) is 25.5. The fraction of sp³-hybridized carbons (Fsp3) is 0.348. The van der Waals surface area contributed by atoms with E-state index < -0.39 is 32.2 Å². The van der Waals surface area contributed by atoms with E-state index in [0.717, 1.165) is 0 Å². The van der Waals surface area contributed by atoms with Crippen molar-refractivity contribution in [3.63, 3.8) is 0 Å². The summed E-state index contributed by atoms with van der Waals surface area (Å²) < 4.78 is 32.3. The average Bonchev–Trinajstić information content (AvgIpc) is 3.53. The maximum absolute atomic E-state index is 13.6. The van der Waals surface area contributed by atoms with Crippen molar-refractivity contribution in [2.75, 3.05) is 25.1 Å². The van der Waals surface area contributed by atoms with Crippen molar-refractivity contribution in [1.82, 2.24) is 19.5 Å². The van der Waals surface area contributed by atoms with E-state index in [-0.39, 0.29) is 37.8 Å². The minimum absolute atomic E-state index is 0.0305. The molecule has 3 unspecified atom stereocenters. The van der Waals surface area contributed by atoms with Gasteiger partial charge >= 0.3 is 7.60 Å². The third-order valence-corrected chi connectivity index (χ3v) is 7.99. The van der Waals surface area contributed by atoms with Crippen LogP contribution in [0.4, 0.5) is 5.82 Å². The predicted molar refractivity (Wildman–Crippen MR) is 129 cm³/mol. The Labute approximate surface area is 207 Å². The lowest BCUT2D eigenvalue weighted by atomic mass is 10.2. The summed E-state index contributed by atoms with van der Waals surface area (Å²) in [6, 6.07) is 10.6. The Kier molecular flexibility index (Phi) is 8.20. The van der Waals surface area contributed by atoms with Gasteiger partial charge in [-0.3, -0.25) is 13.9 Å². The number of nitrogens with zero attached hydrogens (tertiary/aromatic N) is 5. The number of aliphatic hydroxyl groups excluding tert-OH is 1. The van der Waals surface area contributed by atoms with Gasteiger partial charge in [-0.25, -0.2) is 15.0 Å². The second kappa shape index (κ2) is 11.5. The lowest BCUT2D eigenvalue weighted by Gasteiger charge is -2.25. The molecule has 0 spiro atoms. The molecule has 0 saturated carbocycles. The highest BCUT2D eigenvalue weighted by atomic mass is 31.2. The van der Waals surface area contributed by atoms with E-state index in [1.54, 1.807) is 28.8 Å². The van der Waals surface area contributed by atoms with Crippen LogP contribution in [-0.4, -0.2) is 62.1 Å². The van der Waals surface area contributed by atoms with Crippen LogP contribution in [0.15, 0.2) is 55.6 Å². The quantitative estimate of drug-likeness (QED) is 0.222. The maximum atomic E-state index is 13.6. The van der Waals surface area contributed by atoms with Crippen LogP contribution in [0.25, 0.3) is 11.2 Å². The maximum Gasteiger partial charge on any atom is 0.336 e. The van der Waals surface area contributed by atoms with Gasteiger partial charge in [-0.2, -0.15) is 5.26 Å². The molecule has 1 fully saturated rings. The van der Waals surface area contributed by atoms with Gasteiger partial charge in [-0.05, 0) is 12.1 Å². The number of anilines is 1. The van der Waals surface area contributed by atoms with E-state index in [4.69, 9.17) is 19.0 Å². The first-order valence-electron chi connectivity index (χ1n) is 11.2. The molecule has 0 radical (unpaired) electrons. The van der Waals surface area contributed by atoms with E-state index in [0.29, 0.717) is 16.7 Å². The molecule has 4 rings (SSSR count). The summed E-state index contributed by atoms with van der Waals surface area (Å²) in [5.41, 5.74) is 0.375. The van der Waals surface area contributed by atoms with Crippen LogP contribution in [0.2, 0.25) is 0 Å². The highest BCUT2D eigenvalue weighted by molar-refractivity contribution is 7.54.